The van der Waals surface area contributed by atoms with E-state index in [1.165, 1.54) is 0 Å². The summed E-state index contributed by atoms with van der Waals surface area (Å²) in [5, 5.41) is 10.9. The first kappa shape index (κ1) is 15.4. The average molecular weight is 327 g/mol. The smallest absolute Gasteiger partial charge is 0.262 e. The molecular weight excluding hydrogens is 310 g/mol. The summed E-state index contributed by atoms with van der Waals surface area (Å²) in [4.78, 5) is 0.150. The zero-order chi connectivity index (χ0) is 16.4. The maximum atomic E-state index is 12.8. The molecule has 4 nitrogen and oxygen atoms in total. The topological polar surface area (TPSA) is 66.4 Å². The molecule has 5 heteroatoms. The molecule has 0 aliphatic rings. The normalized spacial score (nSPS) is 11.5. The van der Waals surface area contributed by atoms with Gasteiger partial charge in [0.05, 0.1) is 10.6 Å². The zero-order valence-electron chi connectivity index (χ0n) is 12.7. The van der Waals surface area contributed by atoms with Gasteiger partial charge in [-0.05, 0) is 30.2 Å². The molecule has 0 heterocycles. The molecule has 23 heavy (non-hydrogen) atoms. The predicted molar refractivity (Wildman–Crippen MR) is 92.2 cm³/mol. The number of sulfonamides is 1. The van der Waals surface area contributed by atoms with Crippen molar-refractivity contribution in [3.05, 3.63) is 66.2 Å². The van der Waals surface area contributed by atoms with E-state index in [4.69, 9.17) is 0 Å². The van der Waals surface area contributed by atoms with Gasteiger partial charge >= 0.3 is 0 Å². The number of aromatic hydroxyl groups is 1. The molecule has 0 bridgehead atoms. The number of aryl methyl sites for hydroxylation is 1. The van der Waals surface area contributed by atoms with Crippen molar-refractivity contribution >= 4 is 26.5 Å². The Morgan fingerprint density at radius 3 is 2.39 bits per heavy atom. The Labute approximate surface area is 135 Å². The highest BCUT2D eigenvalue weighted by molar-refractivity contribution is 7.93. The maximum Gasteiger partial charge on any atom is 0.262 e. The number of fused-ring (bicyclic) bond motifs is 1. The Bertz CT molecular complexity index is 965. The highest BCUT2D eigenvalue weighted by Crippen LogP contribution is 2.30. The Morgan fingerprint density at radius 1 is 0.913 bits per heavy atom. The third kappa shape index (κ3) is 2.87. The number of para-hydroxylation sites is 1. The lowest BCUT2D eigenvalue weighted by Crippen LogP contribution is -2.14. The summed E-state index contributed by atoms with van der Waals surface area (Å²) in [5.74, 6) is 0.0634. The van der Waals surface area contributed by atoms with Crippen LogP contribution in [-0.4, -0.2) is 13.5 Å². The number of hydrogen-bond acceptors (Lipinski definition) is 3. The number of hydrogen-bond donors (Lipinski definition) is 2. The Kier molecular flexibility index (Phi) is 3.96. The van der Waals surface area contributed by atoms with Crippen molar-refractivity contribution in [2.24, 2.45) is 0 Å². The van der Waals surface area contributed by atoms with Gasteiger partial charge in [-0.15, -0.1) is 0 Å². The van der Waals surface area contributed by atoms with Gasteiger partial charge in [0.15, 0.2) is 0 Å². The van der Waals surface area contributed by atoms with Gasteiger partial charge in [-0.3, -0.25) is 4.72 Å². The van der Waals surface area contributed by atoms with Crippen LogP contribution in [0.4, 0.5) is 5.69 Å². The number of phenols is 1. The number of anilines is 1. The fourth-order valence-electron chi connectivity index (χ4n) is 2.63. The number of rotatable bonds is 4. The second-order valence-electron chi connectivity index (χ2n) is 5.24. The van der Waals surface area contributed by atoms with E-state index < -0.39 is 10.0 Å². The van der Waals surface area contributed by atoms with Gasteiger partial charge in [-0.25, -0.2) is 8.42 Å². The summed E-state index contributed by atoms with van der Waals surface area (Å²) < 4.78 is 28.3. The highest BCUT2D eigenvalue weighted by atomic mass is 32.2. The summed E-state index contributed by atoms with van der Waals surface area (Å²) in [7, 11) is -3.75. The lowest BCUT2D eigenvalue weighted by molar-refractivity contribution is 0.481. The molecule has 0 amide bonds. The van der Waals surface area contributed by atoms with E-state index in [1.807, 2.05) is 19.1 Å². The zero-order valence-corrected chi connectivity index (χ0v) is 13.5. The van der Waals surface area contributed by atoms with E-state index in [1.54, 1.807) is 48.5 Å². The molecule has 0 atom stereocenters. The number of phenolic OH excluding ortho intramolecular Hbond substituents is 1. The molecule has 0 saturated heterocycles. The second kappa shape index (κ2) is 5.93. The standard InChI is InChI=1S/C18H17NO3S/c1-2-13-7-3-4-10-16(13)19-23(21,22)18-12-6-8-14-15(18)9-5-11-17(14)20/h3-12,19-20H,2H2,1H3. The van der Waals surface area contributed by atoms with Crippen LogP contribution in [-0.2, 0) is 16.4 Å². The van der Waals surface area contributed by atoms with Gasteiger partial charge in [0.1, 0.15) is 5.75 Å². The van der Waals surface area contributed by atoms with E-state index in [0.717, 1.165) is 12.0 Å². The maximum absolute atomic E-state index is 12.8. The van der Waals surface area contributed by atoms with Gasteiger partial charge < -0.3 is 5.11 Å². The quantitative estimate of drug-likeness (QED) is 0.763. The van der Waals surface area contributed by atoms with Crippen molar-refractivity contribution in [2.45, 2.75) is 18.2 Å². The van der Waals surface area contributed by atoms with Crippen molar-refractivity contribution in [2.75, 3.05) is 4.72 Å². The fourth-order valence-corrected chi connectivity index (χ4v) is 3.95. The van der Waals surface area contributed by atoms with Gasteiger partial charge in [-0.1, -0.05) is 49.4 Å². The number of nitrogens with one attached hydrogen (secondary N) is 1. The summed E-state index contributed by atoms with van der Waals surface area (Å²) >= 11 is 0. The third-order valence-corrected chi connectivity index (χ3v) is 5.21. The van der Waals surface area contributed by atoms with Crippen LogP contribution in [0, 0.1) is 0 Å². The molecule has 118 valence electrons. The van der Waals surface area contributed by atoms with Crippen LogP contribution in [0.2, 0.25) is 0 Å². The van der Waals surface area contributed by atoms with E-state index in [2.05, 4.69) is 4.72 Å². The van der Waals surface area contributed by atoms with E-state index in [-0.39, 0.29) is 10.6 Å². The molecule has 0 fully saturated rings. The first-order valence-electron chi connectivity index (χ1n) is 7.34. The predicted octanol–water partition coefficient (Wildman–Crippen LogP) is 3.91. The molecule has 2 N–H and O–H groups in total. The SMILES string of the molecule is CCc1ccccc1NS(=O)(=O)c1cccc2c(O)cccc12. The van der Waals surface area contributed by atoms with E-state index >= 15 is 0 Å². The minimum atomic E-state index is -3.75. The van der Waals surface area contributed by atoms with Crippen LogP contribution in [0.15, 0.2) is 65.6 Å². The van der Waals surface area contributed by atoms with Gasteiger partial charge in [-0.2, -0.15) is 0 Å². The summed E-state index contributed by atoms with van der Waals surface area (Å²) in [6.07, 6.45) is 0.731. The molecule has 0 aliphatic heterocycles. The molecule has 0 unspecified atom stereocenters. The monoisotopic (exact) mass is 327 g/mol. The molecule has 0 radical (unpaired) electrons. The molecule has 0 aliphatic carbocycles. The summed E-state index contributed by atoms with van der Waals surface area (Å²) in [6.45, 7) is 1.98. The van der Waals surface area contributed by atoms with Gasteiger partial charge in [0.25, 0.3) is 10.0 Å². The van der Waals surface area contributed by atoms with E-state index in [9.17, 15) is 13.5 Å². The molecule has 0 aromatic heterocycles. The largest absolute Gasteiger partial charge is 0.507 e. The fraction of sp³-hybridized carbons (Fsp3) is 0.111. The van der Waals surface area contributed by atoms with Crippen molar-refractivity contribution in [1.29, 1.82) is 0 Å². The second-order valence-corrected chi connectivity index (χ2v) is 6.90. The summed E-state index contributed by atoms with van der Waals surface area (Å²) in [5.41, 5.74) is 1.51. The molecule has 3 rings (SSSR count). The van der Waals surface area contributed by atoms with Crippen LogP contribution in [0.1, 0.15) is 12.5 Å². The Hall–Kier alpha value is -2.53. The lowest BCUT2D eigenvalue weighted by Gasteiger charge is -2.13. The molecule has 3 aromatic carbocycles. The number of benzene rings is 3. The first-order valence-corrected chi connectivity index (χ1v) is 8.82. The highest BCUT2D eigenvalue weighted by Gasteiger charge is 2.19. The van der Waals surface area contributed by atoms with Crippen LogP contribution in [0.3, 0.4) is 0 Å². The van der Waals surface area contributed by atoms with Crippen molar-refractivity contribution < 1.29 is 13.5 Å². The van der Waals surface area contributed by atoms with Crippen molar-refractivity contribution in [3.8, 4) is 5.75 Å². The minimum absolute atomic E-state index is 0.0634. The molecule has 0 saturated carbocycles. The summed E-state index contributed by atoms with van der Waals surface area (Å²) in [6, 6.07) is 17.1. The lowest BCUT2D eigenvalue weighted by atomic mass is 10.1. The van der Waals surface area contributed by atoms with Crippen LogP contribution >= 0.6 is 0 Å². The van der Waals surface area contributed by atoms with Crippen LogP contribution in [0.5, 0.6) is 5.75 Å². The molecule has 3 aromatic rings. The third-order valence-electron chi connectivity index (χ3n) is 3.79. The van der Waals surface area contributed by atoms with Gasteiger partial charge in [0, 0.05) is 10.8 Å². The average Bonchev–Trinajstić information content (AvgIpc) is 2.55. The Balaban J connectivity index is 2.12. The van der Waals surface area contributed by atoms with Crippen molar-refractivity contribution in [3.63, 3.8) is 0 Å². The Morgan fingerprint density at radius 2 is 1.61 bits per heavy atom. The van der Waals surface area contributed by atoms with Crippen molar-refractivity contribution in [1.82, 2.24) is 0 Å². The van der Waals surface area contributed by atoms with Gasteiger partial charge in [0.2, 0.25) is 0 Å². The molecular formula is C18H17NO3S. The van der Waals surface area contributed by atoms with Crippen LogP contribution < -0.4 is 4.72 Å². The molecule has 0 spiro atoms. The minimum Gasteiger partial charge on any atom is -0.507 e. The van der Waals surface area contributed by atoms with E-state index in [0.29, 0.717) is 16.5 Å². The van der Waals surface area contributed by atoms with Crippen LogP contribution in [0.25, 0.3) is 10.8 Å². The first-order chi connectivity index (χ1) is 11.0.